The Labute approximate surface area is 187 Å². The zero-order chi connectivity index (χ0) is 23.9. The number of carbonyl (C=O) groups is 6. The van der Waals surface area contributed by atoms with E-state index in [9.17, 15) is 28.8 Å². The van der Waals surface area contributed by atoms with Crippen molar-refractivity contribution >= 4 is 44.6 Å². The van der Waals surface area contributed by atoms with Gasteiger partial charge in [0.2, 0.25) is 29.5 Å². The minimum absolute atomic E-state index is 0.0749. The SMILES string of the molecule is C=C/C=C(\C=C)C[C@@H]1NC(=O)CNC(=O)/C=C\C(=O)N[C@H](C=O)CPNC(=O)CNC1=O. The summed E-state index contributed by atoms with van der Waals surface area (Å²) in [5.41, 5.74) is 0.617. The van der Waals surface area contributed by atoms with Crippen molar-refractivity contribution in [3.63, 3.8) is 0 Å². The van der Waals surface area contributed by atoms with Crippen molar-refractivity contribution < 1.29 is 28.8 Å². The average Bonchev–Trinajstić information content (AvgIpc) is 2.77. The van der Waals surface area contributed by atoms with Crippen LogP contribution >= 0.6 is 8.73 Å². The Kier molecular flexibility index (Phi) is 11.9. The fraction of sp³-hybridized carbons (Fsp3) is 0.300. The number of amides is 5. The molecule has 3 atom stereocenters. The molecule has 11 nitrogen and oxygen atoms in total. The summed E-state index contributed by atoms with van der Waals surface area (Å²) in [5.74, 6) is -3.17. The molecular weight excluding hydrogens is 437 g/mol. The van der Waals surface area contributed by atoms with Gasteiger partial charge in [-0.15, -0.1) is 0 Å². The van der Waals surface area contributed by atoms with Gasteiger partial charge in [0.1, 0.15) is 12.3 Å². The molecule has 0 aliphatic carbocycles. The number of nitrogens with one attached hydrogen (secondary N) is 5. The zero-order valence-electron chi connectivity index (χ0n) is 17.3. The van der Waals surface area contributed by atoms with Gasteiger partial charge in [0.15, 0.2) is 0 Å². The third-order valence-electron chi connectivity index (χ3n) is 3.96. The Hall–Kier alpha value is -3.59. The maximum absolute atomic E-state index is 12.6. The first-order valence-electron chi connectivity index (χ1n) is 9.53. The summed E-state index contributed by atoms with van der Waals surface area (Å²) in [5, 5.41) is 12.1. The smallest absolute Gasteiger partial charge is 0.244 e. The number of carbonyl (C=O) groups excluding carboxylic acids is 6. The average molecular weight is 463 g/mol. The molecule has 1 unspecified atom stereocenters. The van der Waals surface area contributed by atoms with Gasteiger partial charge in [-0.2, -0.15) is 0 Å². The molecule has 0 saturated carbocycles. The maximum Gasteiger partial charge on any atom is 0.244 e. The predicted octanol–water partition coefficient (Wildman–Crippen LogP) is -1.64. The van der Waals surface area contributed by atoms with E-state index in [-0.39, 0.29) is 27.9 Å². The van der Waals surface area contributed by atoms with Crippen LogP contribution in [0.1, 0.15) is 6.42 Å². The monoisotopic (exact) mass is 463 g/mol. The highest BCUT2D eigenvalue weighted by Crippen LogP contribution is 2.08. The van der Waals surface area contributed by atoms with E-state index in [0.29, 0.717) is 11.9 Å². The molecule has 0 bridgehead atoms. The lowest BCUT2D eigenvalue weighted by molar-refractivity contribution is -0.130. The Morgan fingerprint density at radius 2 is 1.69 bits per heavy atom. The number of allylic oxidation sites excluding steroid dienone is 3. The van der Waals surface area contributed by atoms with E-state index in [1.165, 1.54) is 12.2 Å². The Morgan fingerprint density at radius 1 is 1.00 bits per heavy atom. The van der Waals surface area contributed by atoms with Crippen LogP contribution in [0.15, 0.2) is 49.1 Å². The van der Waals surface area contributed by atoms with E-state index in [2.05, 4.69) is 39.5 Å². The summed E-state index contributed by atoms with van der Waals surface area (Å²) in [7, 11) is -0.205. The third-order valence-corrected chi connectivity index (χ3v) is 5.06. The van der Waals surface area contributed by atoms with Crippen LogP contribution in [0.5, 0.6) is 0 Å². The first-order valence-corrected chi connectivity index (χ1v) is 10.7. The van der Waals surface area contributed by atoms with Crippen molar-refractivity contribution in [2.75, 3.05) is 19.3 Å². The van der Waals surface area contributed by atoms with E-state index in [1.807, 2.05) is 0 Å². The van der Waals surface area contributed by atoms with Crippen LogP contribution in [0.3, 0.4) is 0 Å². The highest BCUT2D eigenvalue weighted by molar-refractivity contribution is 7.36. The van der Waals surface area contributed by atoms with Crippen molar-refractivity contribution in [2.45, 2.75) is 18.5 Å². The summed E-state index contributed by atoms with van der Waals surface area (Å²) in [6.07, 6.45) is 7.17. The molecule has 5 amide bonds. The van der Waals surface area contributed by atoms with Gasteiger partial charge in [-0.1, -0.05) is 31.4 Å². The van der Waals surface area contributed by atoms with Crippen molar-refractivity contribution in [2.24, 2.45) is 0 Å². The van der Waals surface area contributed by atoms with Gasteiger partial charge in [-0.25, -0.2) is 0 Å². The van der Waals surface area contributed by atoms with Crippen LogP contribution in [-0.2, 0) is 28.8 Å². The van der Waals surface area contributed by atoms with E-state index in [0.717, 1.165) is 12.2 Å². The first-order chi connectivity index (χ1) is 15.3. The number of rotatable bonds is 5. The van der Waals surface area contributed by atoms with Crippen LogP contribution in [0, 0.1) is 0 Å². The van der Waals surface area contributed by atoms with Crippen LogP contribution in [-0.4, -0.2) is 67.2 Å². The van der Waals surface area contributed by atoms with E-state index in [4.69, 9.17) is 0 Å². The highest BCUT2D eigenvalue weighted by Gasteiger charge is 2.22. The molecule has 0 saturated heterocycles. The lowest BCUT2D eigenvalue weighted by atomic mass is 10.0. The Morgan fingerprint density at radius 3 is 2.34 bits per heavy atom. The summed E-state index contributed by atoms with van der Waals surface area (Å²) >= 11 is 0. The Bertz CT molecular complexity index is 838. The molecule has 1 heterocycles. The molecule has 1 aliphatic rings. The minimum atomic E-state index is -1.04. The predicted molar refractivity (Wildman–Crippen MR) is 120 cm³/mol. The fourth-order valence-electron chi connectivity index (χ4n) is 2.40. The van der Waals surface area contributed by atoms with E-state index >= 15 is 0 Å². The standard InChI is InChI=1S/C20H26N5O6P/c1-3-5-13(4-2)8-15-20(31)22-10-19(30)25-32-12-14(11-26)23-17(28)7-6-16(27)21-9-18(29)24-15/h3-7,11,14-15,32H,1-2,8-10,12H2,(H,21,27)(H,22,31)(H,23,28)(H,24,29)(H,25,30)/b7-6-,13-5+/t14-,15+/m1/s1. The topological polar surface area (TPSA) is 163 Å². The third kappa shape index (κ3) is 10.4. The van der Waals surface area contributed by atoms with Gasteiger partial charge in [0.25, 0.3) is 0 Å². The molecule has 1 aliphatic heterocycles. The lowest BCUT2D eigenvalue weighted by Crippen LogP contribution is -2.51. The molecule has 0 aromatic heterocycles. The Balaban J connectivity index is 3.00. The highest BCUT2D eigenvalue weighted by atomic mass is 31.1. The first kappa shape index (κ1) is 26.4. The summed E-state index contributed by atoms with van der Waals surface area (Å²) in [6, 6.07) is -1.91. The molecule has 172 valence electrons. The van der Waals surface area contributed by atoms with Crippen LogP contribution < -0.4 is 26.4 Å². The van der Waals surface area contributed by atoms with Crippen LogP contribution in [0.2, 0.25) is 0 Å². The van der Waals surface area contributed by atoms with Gasteiger partial charge < -0.3 is 31.1 Å². The van der Waals surface area contributed by atoms with Gasteiger partial charge in [0, 0.05) is 24.7 Å². The summed E-state index contributed by atoms with van der Waals surface area (Å²) in [6.45, 7) is 6.41. The van der Waals surface area contributed by atoms with Crippen LogP contribution in [0.25, 0.3) is 0 Å². The van der Waals surface area contributed by atoms with Crippen molar-refractivity contribution in [1.82, 2.24) is 26.4 Å². The fourth-order valence-corrected chi connectivity index (χ4v) is 3.20. The number of hydrogen-bond acceptors (Lipinski definition) is 6. The second-order valence-electron chi connectivity index (χ2n) is 6.45. The second-order valence-corrected chi connectivity index (χ2v) is 7.47. The van der Waals surface area contributed by atoms with E-state index < -0.39 is 48.2 Å². The van der Waals surface area contributed by atoms with Gasteiger partial charge in [-0.05, 0) is 14.3 Å². The maximum atomic E-state index is 12.6. The molecule has 12 heteroatoms. The normalized spacial score (nSPS) is 23.9. The van der Waals surface area contributed by atoms with Crippen LogP contribution in [0.4, 0.5) is 0 Å². The molecule has 1 rings (SSSR count). The zero-order valence-corrected chi connectivity index (χ0v) is 18.3. The molecule has 0 aromatic carbocycles. The van der Waals surface area contributed by atoms with Gasteiger partial charge >= 0.3 is 0 Å². The van der Waals surface area contributed by atoms with E-state index in [1.54, 1.807) is 6.08 Å². The van der Waals surface area contributed by atoms with Crippen molar-refractivity contribution in [3.8, 4) is 0 Å². The molecule has 0 fully saturated rings. The minimum Gasteiger partial charge on any atom is -0.345 e. The number of aldehydes is 1. The van der Waals surface area contributed by atoms with Gasteiger partial charge in [0.05, 0.1) is 19.1 Å². The molecule has 32 heavy (non-hydrogen) atoms. The quantitative estimate of drug-likeness (QED) is 0.186. The molecule has 0 spiro atoms. The number of hydrogen-bond donors (Lipinski definition) is 5. The molecule has 5 N–H and O–H groups in total. The summed E-state index contributed by atoms with van der Waals surface area (Å²) in [4.78, 5) is 71.5. The lowest BCUT2D eigenvalue weighted by Gasteiger charge is -2.19. The summed E-state index contributed by atoms with van der Waals surface area (Å²) < 4.78 is 0. The molecule has 0 aromatic rings. The molecule has 0 radical (unpaired) electrons. The van der Waals surface area contributed by atoms with Crippen molar-refractivity contribution in [3.05, 3.63) is 49.1 Å². The van der Waals surface area contributed by atoms with Crippen molar-refractivity contribution in [1.29, 1.82) is 0 Å². The second kappa shape index (κ2) is 14.4. The van der Waals surface area contributed by atoms with Gasteiger partial charge in [-0.3, -0.25) is 24.0 Å². The largest absolute Gasteiger partial charge is 0.345 e. The molecular formula is C20H26N5O6P.